The van der Waals surface area contributed by atoms with Gasteiger partial charge < -0.3 is 9.84 Å². The van der Waals surface area contributed by atoms with Crippen LogP contribution in [-0.4, -0.2) is 21.0 Å². The number of nitrogens with one attached hydrogen (secondary N) is 1. The van der Waals surface area contributed by atoms with Gasteiger partial charge in [0, 0.05) is 21.7 Å². The van der Waals surface area contributed by atoms with Gasteiger partial charge in [0.1, 0.15) is 4.34 Å². The smallest absolute Gasteiger partial charge is 0.246 e. The second-order valence-corrected chi connectivity index (χ2v) is 8.87. The van der Waals surface area contributed by atoms with E-state index < -0.39 is 0 Å². The summed E-state index contributed by atoms with van der Waals surface area (Å²) in [4.78, 5) is 21.1. The highest BCUT2D eigenvalue weighted by Gasteiger charge is 2.12. The number of thioether (sulfide) groups is 1. The van der Waals surface area contributed by atoms with Crippen LogP contribution < -0.4 is 5.32 Å². The molecule has 0 fully saturated rings. The third-order valence-corrected chi connectivity index (χ3v) is 6.44. The van der Waals surface area contributed by atoms with Gasteiger partial charge in [-0.1, -0.05) is 71.0 Å². The molecule has 2 heterocycles. The maximum Gasteiger partial charge on any atom is 0.246 e. The first-order valence-corrected chi connectivity index (χ1v) is 11.4. The van der Waals surface area contributed by atoms with Gasteiger partial charge in [0.05, 0.1) is 18.7 Å². The highest BCUT2D eigenvalue weighted by molar-refractivity contribution is 8.00. The molecular formula is C21H17ClN4O2S2. The Hall–Kier alpha value is -2.68. The number of carbonyl (C=O) groups excluding carboxylic acids is 1. The fraction of sp³-hybridized carbons (Fsp3) is 0.143. The number of amides is 1. The summed E-state index contributed by atoms with van der Waals surface area (Å²) < 4.78 is 6.12. The van der Waals surface area contributed by atoms with E-state index in [1.807, 2.05) is 60.0 Å². The van der Waals surface area contributed by atoms with Crippen LogP contribution in [0, 0.1) is 0 Å². The molecule has 1 amide bonds. The second kappa shape index (κ2) is 9.88. The lowest BCUT2D eigenvalue weighted by atomic mass is 10.2. The molecule has 0 radical (unpaired) electrons. The van der Waals surface area contributed by atoms with Gasteiger partial charge >= 0.3 is 0 Å². The number of rotatable bonds is 8. The summed E-state index contributed by atoms with van der Waals surface area (Å²) in [7, 11) is 0. The van der Waals surface area contributed by atoms with Gasteiger partial charge in [0.15, 0.2) is 0 Å². The van der Waals surface area contributed by atoms with E-state index in [0.29, 0.717) is 11.7 Å². The Kier molecular flexibility index (Phi) is 6.78. The molecule has 4 aromatic rings. The van der Waals surface area contributed by atoms with E-state index in [9.17, 15) is 4.79 Å². The van der Waals surface area contributed by atoms with Crippen LogP contribution in [-0.2, 0) is 23.5 Å². The third kappa shape index (κ3) is 5.69. The molecule has 0 spiro atoms. The number of hydrogen-bond acceptors (Lipinski definition) is 7. The average Bonchev–Trinajstić information content (AvgIpc) is 3.41. The normalized spacial score (nSPS) is 10.8. The summed E-state index contributed by atoms with van der Waals surface area (Å²) in [6.45, 7) is 0.180. The molecule has 0 bridgehead atoms. The molecule has 0 aliphatic rings. The summed E-state index contributed by atoms with van der Waals surface area (Å²) in [6.07, 6.45) is 0.202. The summed E-state index contributed by atoms with van der Waals surface area (Å²) in [5, 5.41) is 9.36. The Labute approximate surface area is 186 Å². The Morgan fingerprint density at radius 3 is 2.83 bits per heavy atom. The molecule has 0 aliphatic carbocycles. The zero-order valence-electron chi connectivity index (χ0n) is 15.7. The zero-order valence-corrected chi connectivity index (χ0v) is 18.1. The van der Waals surface area contributed by atoms with Crippen molar-refractivity contribution in [2.24, 2.45) is 0 Å². The summed E-state index contributed by atoms with van der Waals surface area (Å²) >= 11 is 9.17. The molecule has 6 nitrogen and oxygen atoms in total. The van der Waals surface area contributed by atoms with Crippen LogP contribution in [0.3, 0.4) is 0 Å². The fourth-order valence-corrected chi connectivity index (χ4v) is 4.64. The van der Waals surface area contributed by atoms with Crippen molar-refractivity contribution in [1.82, 2.24) is 20.4 Å². The summed E-state index contributed by atoms with van der Waals surface area (Å²) in [5.41, 5.74) is 2.74. The molecule has 4 rings (SSSR count). The first kappa shape index (κ1) is 20.6. The minimum Gasteiger partial charge on any atom is -0.347 e. The van der Waals surface area contributed by atoms with Gasteiger partial charge in [-0.3, -0.25) is 4.79 Å². The van der Waals surface area contributed by atoms with Gasteiger partial charge in [-0.15, -0.1) is 11.3 Å². The quantitative estimate of drug-likeness (QED) is 0.376. The predicted molar refractivity (Wildman–Crippen MR) is 118 cm³/mol. The van der Waals surface area contributed by atoms with Crippen molar-refractivity contribution in [1.29, 1.82) is 0 Å². The van der Waals surface area contributed by atoms with E-state index in [0.717, 1.165) is 31.9 Å². The number of nitrogens with zero attached hydrogens (tertiary/aromatic N) is 3. The zero-order chi connectivity index (χ0) is 20.8. The van der Waals surface area contributed by atoms with Crippen molar-refractivity contribution >= 4 is 40.6 Å². The van der Waals surface area contributed by atoms with Gasteiger partial charge in [0.2, 0.25) is 17.6 Å². The molecule has 2 aromatic carbocycles. The fourth-order valence-electron chi connectivity index (χ4n) is 2.64. The SMILES string of the molecule is O=C(Cc1csc(SCc2cccc(Cl)c2)n1)NCc1nc(-c2ccccc2)no1. The molecule has 2 aromatic heterocycles. The molecule has 0 unspecified atom stereocenters. The number of aromatic nitrogens is 3. The third-order valence-electron chi connectivity index (χ3n) is 4.06. The Morgan fingerprint density at radius 1 is 1.13 bits per heavy atom. The van der Waals surface area contributed by atoms with Gasteiger partial charge in [0.25, 0.3) is 0 Å². The van der Waals surface area contributed by atoms with E-state index in [4.69, 9.17) is 16.1 Å². The predicted octanol–water partition coefficient (Wildman–Crippen LogP) is 5.00. The van der Waals surface area contributed by atoms with Gasteiger partial charge in [-0.05, 0) is 17.7 Å². The average molecular weight is 457 g/mol. The first-order chi connectivity index (χ1) is 14.7. The van der Waals surface area contributed by atoms with Crippen LogP contribution in [0.4, 0.5) is 0 Å². The standard InChI is InChI=1S/C21H17ClN4O2S2/c22-16-8-4-5-14(9-16)12-29-21-24-17(13-30-21)10-18(27)23-11-19-25-20(26-28-19)15-6-2-1-3-7-15/h1-9,13H,10-12H2,(H,23,27). The maximum atomic E-state index is 12.2. The number of benzene rings is 2. The number of carbonyl (C=O) groups is 1. The van der Waals surface area contributed by atoms with Gasteiger partial charge in [-0.2, -0.15) is 4.98 Å². The van der Waals surface area contributed by atoms with Crippen LogP contribution in [0.15, 0.2) is 68.8 Å². The topological polar surface area (TPSA) is 80.9 Å². The lowest BCUT2D eigenvalue weighted by molar-refractivity contribution is -0.120. The van der Waals surface area contributed by atoms with Crippen LogP contribution in [0.1, 0.15) is 17.1 Å². The number of hydrogen-bond donors (Lipinski definition) is 1. The lowest BCUT2D eigenvalue weighted by Crippen LogP contribution is -2.24. The van der Waals surface area contributed by atoms with Crippen molar-refractivity contribution in [3.8, 4) is 11.4 Å². The Morgan fingerprint density at radius 2 is 2.00 bits per heavy atom. The molecular weight excluding hydrogens is 440 g/mol. The number of thiazole rings is 1. The van der Waals surface area contributed by atoms with Crippen LogP contribution in [0.2, 0.25) is 5.02 Å². The van der Waals surface area contributed by atoms with E-state index >= 15 is 0 Å². The molecule has 152 valence electrons. The second-order valence-electron chi connectivity index (χ2n) is 6.35. The molecule has 30 heavy (non-hydrogen) atoms. The molecule has 0 saturated carbocycles. The van der Waals surface area contributed by atoms with E-state index in [1.54, 1.807) is 11.8 Å². The largest absolute Gasteiger partial charge is 0.347 e. The molecule has 1 N–H and O–H groups in total. The minimum atomic E-state index is -0.147. The van der Waals surface area contributed by atoms with Crippen LogP contribution >= 0.6 is 34.7 Å². The Balaban J connectivity index is 1.25. The van der Waals surface area contributed by atoms with Crippen LogP contribution in [0.25, 0.3) is 11.4 Å². The monoisotopic (exact) mass is 456 g/mol. The summed E-state index contributed by atoms with van der Waals surface area (Å²) in [6, 6.07) is 17.3. The summed E-state index contributed by atoms with van der Waals surface area (Å²) in [5.74, 6) is 1.49. The van der Waals surface area contributed by atoms with Gasteiger partial charge in [-0.25, -0.2) is 4.98 Å². The van der Waals surface area contributed by atoms with E-state index in [1.165, 1.54) is 11.3 Å². The molecule has 0 saturated heterocycles. The molecule has 0 aliphatic heterocycles. The first-order valence-electron chi connectivity index (χ1n) is 9.12. The van der Waals surface area contributed by atoms with Crippen molar-refractivity contribution in [2.75, 3.05) is 0 Å². The highest BCUT2D eigenvalue weighted by Crippen LogP contribution is 2.27. The van der Waals surface area contributed by atoms with Crippen molar-refractivity contribution < 1.29 is 9.32 Å². The Bertz CT molecular complexity index is 1130. The van der Waals surface area contributed by atoms with Crippen LogP contribution in [0.5, 0.6) is 0 Å². The minimum absolute atomic E-state index is 0.147. The molecule has 0 atom stereocenters. The van der Waals surface area contributed by atoms with Crippen molar-refractivity contribution in [2.45, 2.75) is 23.1 Å². The lowest BCUT2D eigenvalue weighted by Gasteiger charge is -2.00. The van der Waals surface area contributed by atoms with Crippen molar-refractivity contribution in [3.05, 3.63) is 82.1 Å². The van der Waals surface area contributed by atoms with E-state index in [-0.39, 0.29) is 18.9 Å². The highest BCUT2D eigenvalue weighted by atomic mass is 35.5. The molecule has 9 heteroatoms. The van der Waals surface area contributed by atoms with E-state index in [2.05, 4.69) is 20.4 Å². The number of halogens is 1. The maximum absolute atomic E-state index is 12.2. The van der Waals surface area contributed by atoms with Crippen molar-refractivity contribution in [3.63, 3.8) is 0 Å².